The molecule has 8 heteroatoms. The molecule has 1 saturated heterocycles. The molecular weight excluding hydrogens is 324 g/mol. The van der Waals surface area contributed by atoms with Crippen molar-refractivity contribution >= 4 is 25.7 Å². The van der Waals surface area contributed by atoms with Gasteiger partial charge < -0.3 is 0 Å². The number of rotatable bonds is 5. The van der Waals surface area contributed by atoms with Gasteiger partial charge in [-0.25, -0.2) is 16.8 Å². The van der Waals surface area contributed by atoms with Crippen molar-refractivity contribution in [3.63, 3.8) is 0 Å². The summed E-state index contributed by atoms with van der Waals surface area (Å²) in [6.07, 6.45) is 2.79. The molecule has 0 radical (unpaired) electrons. The van der Waals surface area contributed by atoms with Crippen LogP contribution in [-0.2, 0) is 20.0 Å². The third kappa shape index (κ3) is 3.80. The van der Waals surface area contributed by atoms with Gasteiger partial charge in [0.15, 0.2) is 0 Å². The lowest BCUT2D eigenvalue weighted by Crippen LogP contribution is -2.41. The number of piperidine rings is 1. The van der Waals surface area contributed by atoms with Gasteiger partial charge in [0.25, 0.3) is 0 Å². The van der Waals surface area contributed by atoms with E-state index in [4.69, 9.17) is 0 Å². The predicted octanol–water partition coefficient (Wildman–Crippen LogP) is 2.01. The lowest BCUT2D eigenvalue weighted by atomic mass is 10.1. The molecule has 1 aliphatic rings. The molecule has 1 aromatic rings. The summed E-state index contributed by atoms with van der Waals surface area (Å²) in [6.45, 7) is 3.99. The summed E-state index contributed by atoms with van der Waals surface area (Å²) in [6, 6.07) is 5.86. The summed E-state index contributed by atoms with van der Waals surface area (Å²) in [7, 11) is -6.88. The first-order chi connectivity index (χ1) is 10.3. The Morgan fingerprint density at radius 2 is 1.77 bits per heavy atom. The van der Waals surface area contributed by atoms with Gasteiger partial charge in [0.05, 0.1) is 10.6 Å². The van der Waals surface area contributed by atoms with Crippen molar-refractivity contribution in [1.29, 1.82) is 0 Å². The van der Waals surface area contributed by atoms with Crippen molar-refractivity contribution in [2.75, 3.05) is 17.0 Å². The maximum atomic E-state index is 12.6. The Morgan fingerprint density at radius 3 is 2.32 bits per heavy atom. The van der Waals surface area contributed by atoms with Crippen molar-refractivity contribution in [1.82, 2.24) is 4.31 Å². The first kappa shape index (κ1) is 17.2. The average Bonchev–Trinajstić information content (AvgIpc) is 2.48. The van der Waals surface area contributed by atoms with E-state index in [1.165, 1.54) is 28.6 Å². The second-order valence-electron chi connectivity index (χ2n) is 5.49. The Kier molecular flexibility index (Phi) is 5.14. The van der Waals surface area contributed by atoms with Gasteiger partial charge in [-0.05, 0) is 51.0 Å². The monoisotopic (exact) mass is 346 g/mol. The zero-order valence-electron chi connectivity index (χ0n) is 12.8. The summed E-state index contributed by atoms with van der Waals surface area (Å²) in [4.78, 5) is 0.195. The zero-order valence-corrected chi connectivity index (χ0v) is 14.5. The van der Waals surface area contributed by atoms with Crippen LogP contribution in [0.2, 0.25) is 0 Å². The Labute approximate surface area is 132 Å². The lowest BCUT2D eigenvalue weighted by Gasteiger charge is -2.32. The fraction of sp³-hybridized carbons (Fsp3) is 0.571. The van der Waals surface area contributed by atoms with Crippen LogP contribution in [0.4, 0.5) is 5.69 Å². The van der Waals surface area contributed by atoms with Crippen LogP contribution in [-0.4, -0.2) is 39.5 Å². The summed E-state index contributed by atoms with van der Waals surface area (Å²) in [5.41, 5.74) is 0.368. The molecule has 1 heterocycles. The third-order valence-corrected chi connectivity index (χ3v) is 7.19. The summed E-state index contributed by atoms with van der Waals surface area (Å²) < 4.78 is 52.2. The third-order valence-electron chi connectivity index (χ3n) is 3.86. The predicted molar refractivity (Wildman–Crippen MR) is 86.7 cm³/mol. The van der Waals surface area contributed by atoms with E-state index in [2.05, 4.69) is 4.72 Å². The van der Waals surface area contributed by atoms with Crippen LogP contribution in [0.1, 0.15) is 33.1 Å². The fourth-order valence-corrected chi connectivity index (χ4v) is 4.85. The van der Waals surface area contributed by atoms with E-state index in [0.29, 0.717) is 12.2 Å². The Bertz CT molecular complexity index is 712. The number of hydrogen-bond acceptors (Lipinski definition) is 4. The van der Waals surface area contributed by atoms with Gasteiger partial charge in [0.2, 0.25) is 20.0 Å². The number of hydrogen-bond donors (Lipinski definition) is 1. The quantitative estimate of drug-likeness (QED) is 0.884. The molecule has 1 aliphatic heterocycles. The Hall–Kier alpha value is -1.12. The van der Waals surface area contributed by atoms with Crippen LogP contribution in [0.15, 0.2) is 29.2 Å². The van der Waals surface area contributed by atoms with Crippen LogP contribution >= 0.6 is 0 Å². The van der Waals surface area contributed by atoms with Gasteiger partial charge in [-0.3, -0.25) is 4.72 Å². The topological polar surface area (TPSA) is 83.5 Å². The average molecular weight is 346 g/mol. The molecule has 0 aromatic heterocycles. The highest BCUT2D eigenvalue weighted by molar-refractivity contribution is 7.92. The Balaban J connectivity index is 2.22. The summed E-state index contributed by atoms with van der Waals surface area (Å²) >= 11 is 0. The maximum absolute atomic E-state index is 12.6. The smallest absolute Gasteiger partial charge is 0.243 e. The molecule has 1 atom stereocenters. The minimum atomic E-state index is -3.52. The number of sulfonamides is 2. The first-order valence-electron chi connectivity index (χ1n) is 7.38. The SMILES string of the molecule is CCS(=O)(=O)Nc1ccc(S(=O)(=O)N2CCCCC2C)cc1. The number of benzene rings is 1. The highest BCUT2D eigenvalue weighted by atomic mass is 32.2. The van der Waals surface area contributed by atoms with E-state index in [1.807, 2.05) is 6.92 Å². The van der Waals surface area contributed by atoms with E-state index in [0.717, 1.165) is 19.3 Å². The molecule has 0 saturated carbocycles. The van der Waals surface area contributed by atoms with Gasteiger partial charge in [-0.2, -0.15) is 4.31 Å². The van der Waals surface area contributed by atoms with Crippen molar-refractivity contribution in [3.8, 4) is 0 Å². The highest BCUT2D eigenvalue weighted by Gasteiger charge is 2.30. The molecule has 1 aromatic carbocycles. The minimum Gasteiger partial charge on any atom is -0.284 e. The normalized spacial score (nSPS) is 20.7. The molecule has 22 heavy (non-hydrogen) atoms. The molecule has 6 nitrogen and oxygen atoms in total. The molecule has 124 valence electrons. The molecule has 1 fully saturated rings. The van der Waals surface area contributed by atoms with Gasteiger partial charge in [-0.1, -0.05) is 6.42 Å². The van der Waals surface area contributed by atoms with E-state index in [1.54, 1.807) is 6.92 Å². The highest BCUT2D eigenvalue weighted by Crippen LogP contribution is 2.26. The van der Waals surface area contributed by atoms with E-state index in [9.17, 15) is 16.8 Å². The second kappa shape index (κ2) is 6.55. The molecule has 1 N–H and O–H groups in total. The molecule has 0 spiro atoms. The first-order valence-corrected chi connectivity index (χ1v) is 10.5. The minimum absolute atomic E-state index is 0.00276. The van der Waals surface area contributed by atoms with Gasteiger partial charge >= 0.3 is 0 Å². The van der Waals surface area contributed by atoms with Crippen molar-refractivity contribution in [2.24, 2.45) is 0 Å². The summed E-state index contributed by atoms with van der Waals surface area (Å²) in [5.74, 6) is -0.0294. The van der Waals surface area contributed by atoms with Crippen molar-refractivity contribution < 1.29 is 16.8 Å². The van der Waals surface area contributed by atoms with Crippen LogP contribution in [0.25, 0.3) is 0 Å². The molecular formula is C14H22N2O4S2. The van der Waals surface area contributed by atoms with Gasteiger partial charge in [0.1, 0.15) is 0 Å². The standard InChI is InChI=1S/C14H22N2O4S2/c1-3-21(17,18)15-13-7-9-14(10-8-13)22(19,20)16-11-5-4-6-12(16)2/h7-10,12,15H,3-6,11H2,1-2H3. The molecule has 0 aliphatic carbocycles. The fourth-order valence-electron chi connectivity index (χ4n) is 2.51. The summed E-state index contributed by atoms with van der Waals surface area (Å²) in [5, 5.41) is 0. The van der Waals surface area contributed by atoms with Crippen LogP contribution in [0, 0.1) is 0 Å². The van der Waals surface area contributed by atoms with E-state index < -0.39 is 20.0 Å². The van der Waals surface area contributed by atoms with E-state index in [-0.39, 0.29) is 16.7 Å². The molecule has 1 unspecified atom stereocenters. The van der Waals surface area contributed by atoms with Crippen LogP contribution in [0.5, 0.6) is 0 Å². The van der Waals surface area contributed by atoms with Gasteiger partial charge in [0, 0.05) is 18.3 Å². The number of anilines is 1. The van der Waals surface area contributed by atoms with E-state index >= 15 is 0 Å². The zero-order chi connectivity index (χ0) is 16.4. The Morgan fingerprint density at radius 1 is 1.14 bits per heavy atom. The number of nitrogens with one attached hydrogen (secondary N) is 1. The van der Waals surface area contributed by atoms with Crippen LogP contribution in [0.3, 0.4) is 0 Å². The largest absolute Gasteiger partial charge is 0.284 e. The second-order valence-corrected chi connectivity index (χ2v) is 9.39. The molecule has 2 rings (SSSR count). The lowest BCUT2D eigenvalue weighted by molar-refractivity contribution is 0.268. The molecule has 0 amide bonds. The van der Waals surface area contributed by atoms with Gasteiger partial charge in [-0.15, -0.1) is 0 Å². The molecule has 0 bridgehead atoms. The van der Waals surface area contributed by atoms with Crippen molar-refractivity contribution in [2.45, 2.75) is 44.0 Å². The van der Waals surface area contributed by atoms with Crippen LogP contribution < -0.4 is 4.72 Å². The number of nitrogens with zero attached hydrogens (tertiary/aromatic N) is 1. The maximum Gasteiger partial charge on any atom is 0.243 e. The van der Waals surface area contributed by atoms with Crippen molar-refractivity contribution in [3.05, 3.63) is 24.3 Å².